The summed E-state index contributed by atoms with van der Waals surface area (Å²) in [5.74, 6) is 0. The molecule has 20 heavy (non-hydrogen) atoms. The van der Waals surface area contributed by atoms with Crippen molar-refractivity contribution in [1.29, 1.82) is 0 Å². The monoisotopic (exact) mass is 294 g/mol. The second-order valence-corrected chi connectivity index (χ2v) is 6.23. The zero-order valence-electron chi connectivity index (χ0n) is 11.4. The third-order valence-corrected chi connectivity index (χ3v) is 4.45. The van der Waals surface area contributed by atoms with Gasteiger partial charge in [0.05, 0.1) is 4.90 Å². The number of nitrogens with one attached hydrogen (secondary N) is 3. The Balaban J connectivity index is 2.14. The zero-order chi connectivity index (χ0) is 14.6. The van der Waals surface area contributed by atoms with Crippen LogP contribution in [0.5, 0.6) is 0 Å². The van der Waals surface area contributed by atoms with Gasteiger partial charge in [0.1, 0.15) is 0 Å². The Hall–Kier alpha value is -1.70. The smallest absolute Gasteiger partial charge is 0.242 e. The van der Waals surface area contributed by atoms with E-state index in [-0.39, 0.29) is 10.9 Å². The van der Waals surface area contributed by atoms with Crippen LogP contribution in [0.2, 0.25) is 0 Å². The third-order valence-electron chi connectivity index (χ3n) is 2.93. The first-order chi connectivity index (χ1) is 9.53. The first-order valence-corrected chi connectivity index (χ1v) is 7.75. The Kier molecular flexibility index (Phi) is 4.53. The van der Waals surface area contributed by atoms with Gasteiger partial charge in [0.2, 0.25) is 10.0 Å². The van der Waals surface area contributed by atoms with E-state index in [0.29, 0.717) is 6.54 Å². The second kappa shape index (κ2) is 6.17. The molecule has 108 valence electrons. The van der Waals surface area contributed by atoms with E-state index in [0.717, 1.165) is 11.3 Å². The van der Waals surface area contributed by atoms with Gasteiger partial charge < -0.3 is 10.3 Å². The van der Waals surface area contributed by atoms with Crippen molar-refractivity contribution in [2.24, 2.45) is 0 Å². The standard InChI is InChI=1S/C13H18N4O2S/c1-10(11-3-5-15-6-4-11)17-20(18,19)13-7-12(8-14-2)16-9-13/h3-7,9-10,14,16-17H,8H2,1-2H3. The van der Waals surface area contributed by atoms with E-state index in [1.54, 1.807) is 44.6 Å². The van der Waals surface area contributed by atoms with Gasteiger partial charge >= 0.3 is 0 Å². The Morgan fingerprint density at radius 2 is 2.05 bits per heavy atom. The van der Waals surface area contributed by atoms with Gasteiger partial charge in [-0.2, -0.15) is 0 Å². The lowest BCUT2D eigenvalue weighted by molar-refractivity contribution is 0.567. The van der Waals surface area contributed by atoms with Crippen LogP contribution in [0.1, 0.15) is 24.2 Å². The molecule has 0 aromatic carbocycles. The molecule has 2 aromatic heterocycles. The minimum absolute atomic E-state index is 0.239. The molecule has 0 aliphatic heterocycles. The maximum Gasteiger partial charge on any atom is 0.242 e. The summed E-state index contributed by atoms with van der Waals surface area (Å²) in [6.45, 7) is 2.39. The van der Waals surface area contributed by atoms with Crippen molar-refractivity contribution in [3.8, 4) is 0 Å². The topological polar surface area (TPSA) is 86.9 Å². The Morgan fingerprint density at radius 1 is 1.35 bits per heavy atom. The summed E-state index contributed by atoms with van der Waals surface area (Å²) in [5, 5.41) is 2.96. The average molecular weight is 294 g/mol. The fraction of sp³-hybridized carbons (Fsp3) is 0.308. The number of hydrogen-bond donors (Lipinski definition) is 3. The number of sulfonamides is 1. The van der Waals surface area contributed by atoms with Crippen LogP contribution >= 0.6 is 0 Å². The van der Waals surface area contributed by atoms with Gasteiger partial charge in [-0.05, 0) is 37.7 Å². The highest BCUT2D eigenvalue weighted by molar-refractivity contribution is 7.89. The summed E-state index contributed by atoms with van der Waals surface area (Å²) < 4.78 is 27.2. The molecule has 7 heteroatoms. The maximum atomic E-state index is 12.3. The molecular formula is C13H18N4O2S. The molecule has 1 unspecified atom stereocenters. The van der Waals surface area contributed by atoms with Crippen LogP contribution < -0.4 is 10.0 Å². The van der Waals surface area contributed by atoms with Crippen molar-refractivity contribution in [3.05, 3.63) is 48.0 Å². The van der Waals surface area contributed by atoms with Crippen molar-refractivity contribution in [1.82, 2.24) is 20.0 Å². The van der Waals surface area contributed by atoms with Crippen LogP contribution in [-0.4, -0.2) is 25.4 Å². The predicted octanol–water partition coefficient (Wildman–Crippen LogP) is 1.17. The zero-order valence-corrected chi connectivity index (χ0v) is 12.2. The normalized spacial score (nSPS) is 13.3. The van der Waals surface area contributed by atoms with Crippen LogP contribution in [-0.2, 0) is 16.6 Å². The lowest BCUT2D eigenvalue weighted by Gasteiger charge is -2.13. The highest BCUT2D eigenvalue weighted by Gasteiger charge is 2.19. The minimum Gasteiger partial charge on any atom is -0.363 e. The van der Waals surface area contributed by atoms with Gasteiger partial charge in [0.25, 0.3) is 0 Å². The number of H-pyrrole nitrogens is 1. The number of aromatic amines is 1. The Bertz CT molecular complexity index is 652. The molecule has 0 aliphatic rings. The van der Waals surface area contributed by atoms with E-state index >= 15 is 0 Å². The quantitative estimate of drug-likeness (QED) is 0.746. The van der Waals surface area contributed by atoms with Gasteiger partial charge in [0.15, 0.2) is 0 Å². The number of rotatable bonds is 6. The largest absolute Gasteiger partial charge is 0.363 e. The summed E-state index contributed by atoms with van der Waals surface area (Å²) in [4.78, 5) is 7.09. The molecule has 0 aliphatic carbocycles. The van der Waals surface area contributed by atoms with Gasteiger partial charge in [-0.1, -0.05) is 0 Å². The molecule has 0 bridgehead atoms. The molecule has 2 rings (SSSR count). The van der Waals surface area contributed by atoms with E-state index in [1.807, 2.05) is 0 Å². The summed E-state index contributed by atoms with van der Waals surface area (Å²) in [7, 11) is -1.73. The van der Waals surface area contributed by atoms with Gasteiger partial charge in [0, 0.05) is 36.9 Å². The first-order valence-electron chi connectivity index (χ1n) is 6.27. The minimum atomic E-state index is -3.53. The Morgan fingerprint density at radius 3 is 2.70 bits per heavy atom. The number of hydrogen-bond acceptors (Lipinski definition) is 4. The van der Waals surface area contributed by atoms with E-state index in [9.17, 15) is 8.42 Å². The number of aromatic nitrogens is 2. The van der Waals surface area contributed by atoms with Crippen molar-refractivity contribution in [2.75, 3.05) is 7.05 Å². The molecule has 0 fully saturated rings. The first kappa shape index (κ1) is 14.7. The van der Waals surface area contributed by atoms with E-state index in [2.05, 4.69) is 20.0 Å². The molecule has 2 heterocycles. The van der Waals surface area contributed by atoms with Crippen molar-refractivity contribution < 1.29 is 8.42 Å². The fourth-order valence-electron chi connectivity index (χ4n) is 1.89. The van der Waals surface area contributed by atoms with Crippen molar-refractivity contribution in [3.63, 3.8) is 0 Å². The molecule has 0 amide bonds. The molecule has 2 aromatic rings. The van der Waals surface area contributed by atoms with Crippen LogP contribution in [0.15, 0.2) is 41.7 Å². The van der Waals surface area contributed by atoms with E-state index in [4.69, 9.17) is 0 Å². The van der Waals surface area contributed by atoms with Gasteiger partial charge in [-0.25, -0.2) is 13.1 Å². The van der Waals surface area contributed by atoms with Crippen LogP contribution in [0.4, 0.5) is 0 Å². The number of nitrogens with zero attached hydrogens (tertiary/aromatic N) is 1. The van der Waals surface area contributed by atoms with Crippen molar-refractivity contribution >= 4 is 10.0 Å². The highest BCUT2D eigenvalue weighted by atomic mass is 32.2. The van der Waals surface area contributed by atoms with Crippen LogP contribution in [0.3, 0.4) is 0 Å². The number of pyridine rings is 1. The Labute approximate surface area is 118 Å². The van der Waals surface area contributed by atoms with Gasteiger partial charge in [-0.3, -0.25) is 4.98 Å². The van der Waals surface area contributed by atoms with Crippen molar-refractivity contribution in [2.45, 2.75) is 24.4 Å². The van der Waals surface area contributed by atoms with Crippen LogP contribution in [0, 0.1) is 0 Å². The summed E-state index contributed by atoms with van der Waals surface area (Å²) in [6.07, 6.45) is 4.77. The molecule has 0 radical (unpaired) electrons. The second-order valence-electron chi connectivity index (χ2n) is 4.51. The van der Waals surface area contributed by atoms with E-state index in [1.165, 1.54) is 6.20 Å². The SMILES string of the molecule is CNCc1cc(S(=O)(=O)NC(C)c2ccncc2)c[nH]1. The molecule has 1 atom stereocenters. The van der Waals surface area contributed by atoms with E-state index < -0.39 is 10.0 Å². The molecular weight excluding hydrogens is 276 g/mol. The van der Waals surface area contributed by atoms with Gasteiger partial charge in [-0.15, -0.1) is 0 Å². The van der Waals surface area contributed by atoms with Crippen LogP contribution in [0.25, 0.3) is 0 Å². The lowest BCUT2D eigenvalue weighted by atomic mass is 10.1. The maximum absolute atomic E-state index is 12.3. The molecule has 0 saturated carbocycles. The molecule has 0 spiro atoms. The molecule has 3 N–H and O–H groups in total. The lowest BCUT2D eigenvalue weighted by Crippen LogP contribution is -2.26. The fourth-order valence-corrected chi connectivity index (χ4v) is 3.14. The summed E-state index contributed by atoms with van der Waals surface area (Å²) in [5.41, 5.74) is 1.69. The predicted molar refractivity (Wildman–Crippen MR) is 76.5 cm³/mol. The summed E-state index contributed by atoms with van der Waals surface area (Å²) in [6, 6.07) is 4.89. The molecule has 0 saturated heterocycles. The summed E-state index contributed by atoms with van der Waals surface area (Å²) >= 11 is 0. The molecule has 6 nitrogen and oxygen atoms in total. The average Bonchev–Trinajstić information content (AvgIpc) is 2.89. The highest BCUT2D eigenvalue weighted by Crippen LogP contribution is 2.16. The third kappa shape index (κ3) is 3.44.